The Bertz CT molecular complexity index is 143. The van der Waals surface area contributed by atoms with Crippen LogP contribution in [-0.4, -0.2) is 9.91 Å². The predicted molar refractivity (Wildman–Crippen MR) is 49.2 cm³/mol. The molecule has 1 aromatic heterocycles. The molecule has 0 aliphatic heterocycles. The summed E-state index contributed by atoms with van der Waals surface area (Å²) < 4.78 is 0. The van der Waals surface area contributed by atoms with E-state index < -0.39 is 0 Å². The summed E-state index contributed by atoms with van der Waals surface area (Å²) in [6, 6.07) is 5.41. The van der Waals surface area contributed by atoms with Crippen LogP contribution in [0.15, 0.2) is 24.4 Å². The van der Waals surface area contributed by atoms with Gasteiger partial charge < -0.3 is 0 Å². The van der Waals surface area contributed by atoms with Crippen LogP contribution in [0.1, 0.15) is 0 Å². The fourth-order valence-electron chi connectivity index (χ4n) is 0.342. The predicted octanol–water partition coefficient (Wildman–Crippen LogP) is 2.79. The smallest absolute Gasteiger partial charge is 0.129 e. The molecule has 0 bridgehead atoms. The first-order valence-corrected chi connectivity index (χ1v) is 4.87. The summed E-state index contributed by atoms with van der Waals surface area (Å²) in [5.41, 5.74) is 0. The normalized spacial score (nSPS) is 7.44. The number of halogens is 2. The van der Waals surface area contributed by atoms with Crippen molar-refractivity contribution in [1.29, 1.82) is 0 Å². The van der Waals surface area contributed by atoms with Gasteiger partial charge in [-0.05, 0) is 17.1 Å². The van der Waals surface area contributed by atoms with Crippen molar-refractivity contribution in [2.24, 2.45) is 0 Å². The number of hydrogen-bond donors (Lipinski definition) is 0. The molecule has 0 unspecified atom stereocenters. The quantitative estimate of drug-likeness (QED) is 0.395. The fourth-order valence-corrected chi connectivity index (χ4v) is 0.471. The van der Waals surface area contributed by atoms with Gasteiger partial charge in [-0.3, -0.25) is 0 Å². The minimum absolute atomic E-state index is 0.544. The van der Waals surface area contributed by atoms with E-state index >= 15 is 0 Å². The molecule has 0 fully saturated rings. The van der Waals surface area contributed by atoms with E-state index in [4.69, 9.17) is 11.6 Å². The Morgan fingerprint density at radius 2 is 2.11 bits per heavy atom. The molecule has 0 atom stereocenters. The minimum Gasteiger partial charge on any atom is -0.245 e. The molecule has 1 nitrogen and oxygen atoms in total. The lowest BCUT2D eigenvalue weighted by atomic mass is 10.5. The number of rotatable bonds is 0. The molecule has 0 radical (unpaired) electrons. The minimum atomic E-state index is 0.544. The van der Waals surface area contributed by atoms with Crippen molar-refractivity contribution in [1.82, 2.24) is 4.98 Å². The molecule has 0 N–H and O–H groups in total. The van der Waals surface area contributed by atoms with Crippen LogP contribution >= 0.6 is 34.2 Å². The van der Waals surface area contributed by atoms with E-state index in [9.17, 15) is 0 Å². The van der Waals surface area contributed by atoms with E-state index in [1.165, 1.54) is 0 Å². The summed E-state index contributed by atoms with van der Waals surface area (Å²) in [4.78, 5) is 5.71. The average molecular weight is 255 g/mol. The van der Waals surface area contributed by atoms with Gasteiger partial charge in [-0.2, -0.15) is 0 Å². The topological polar surface area (TPSA) is 12.9 Å². The summed E-state index contributed by atoms with van der Waals surface area (Å²) in [5, 5.41) is 0.544. The summed E-state index contributed by atoms with van der Waals surface area (Å²) in [7, 11) is 0. The molecule has 50 valence electrons. The van der Waals surface area contributed by atoms with Crippen LogP contribution in [0.25, 0.3) is 0 Å². The van der Waals surface area contributed by atoms with Gasteiger partial charge in [0.15, 0.2) is 0 Å². The lowest BCUT2D eigenvalue weighted by molar-refractivity contribution is 1.33. The van der Waals surface area contributed by atoms with Crippen molar-refractivity contribution in [3.05, 3.63) is 29.5 Å². The van der Waals surface area contributed by atoms with Crippen LogP contribution in [0.5, 0.6) is 0 Å². The van der Waals surface area contributed by atoms with Crippen molar-refractivity contribution in [3.63, 3.8) is 0 Å². The molecular weight excluding hydrogens is 248 g/mol. The molecule has 0 aliphatic rings. The third-order valence-corrected chi connectivity index (χ3v) is 0.852. The highest BCUT2D eigenvalue weighted by Gasteiger charge is 1.76. The monoisotopic (exact) mass is 255 g/mol. The van der Waals surface area contributed by atoms with Crippen molar-refractivity contribution in [3.8, 4) is 0 Å². The third-order valence-electron chi connectivity index (χ3n) is 0.629. The van der Waals surface area contributed by atoms with E-state index in [1.54, 1.807) is 12.3 Å². The summed E-state index contributed by atoms with van der Waals surface area (Å²) >= 11 is 7.58. The largest absolute Gasteiger partial charge is 0.245 e. The molecule has 1 aromatic rings. The Morgan fingerprint density at radius 1 is 1.44 bits per heavy atom. The van der Waals surface area contributed by atoms with Crippen LogP contribution in [-0.2, 0) is 0 Å². The van der Waals surface area contributed by atoms with E-state index in [-0.39, 0.29) is 0 Å². The molecule has 0 aromatic carbocycles. The lowest BCUT2D eigenvalue weighted by Crippen LogP contribution is -1.65. The molecule has 3 heteroatoms. The number of aromatic nitrogens is 1. The Kier molecular flexibility index (Phi) is 6.41. The molecule has 1 heterocycles. The van der Waals surface area contributed by atoms with Gasteiger partial charge in [0.05, 0.1) is 0 Å². The first-order valence-electron chi connectivity index (χ1n) is 2.34. The SMILES string of the molecule is CI.Clc1ccccn1. The highest BCUT2D eigenvalue weighted by molar-refractivity contribution is 14.1. The summed E-state index contributed by atoms with van der Waals surface area (Å²) in [6.45, 7) is 0. The van der Waals surface area contributed by atoms with Gasteiger partial charge in [-0.15, -0.1) is 0 Å². The van der Waals surface area contributed by atoms with Gasteiger partial charge in [0, 0.05) is 6.20 Å². The lowest BCUT2D eigenvalue weighted by Gasteiger charge is -1.79. The highest BCUT2D eigenvalue weighted by Crippen LogP contribution is 1.98. The second kappa shape index (κ2) is 6.29. The van der Waals surface area contributed by atoms with Gasteiger partial charge in [0.2, 0.25) is 0 Å². The van der Waals surface area contributed by atoms with Crippen molar-refractivity contribution in [2.45, 2.75) is 0 Å². The van der Waals surface area contributed by atoms with Crippen LogP contribution in [0.2, 0.25) is 5.15 Å². The second-order valence-electron chi connectivity index (χ2n) is 1.15. The highest BCUT2D eigenvalue weighted by atomic mass is 127. The average Bonchev–Trinajstić information content (AvgIpc) is 1.94. The maximum Gasteiger partial charge on any atom is 0.129 e. The number of hydrogen-bond acceptors (Lipinski definition) is 1. The van der Waals surface area contributed by atoms with Gasteiger partial charge >= 0.3 is 0 Å². The Hall–Kier alpha value is 0.170. The Morgan fingerprint density at radius 3 is 2.33 bits per heavy atom. The van der Waals surface area contributed by atoms with Crippen LogP contribution < -0.4 is 0 Å². The van der Waals surface area contributed by atoms with Gasteiger partial charge in [-0.25, -0.2) is 4.98 Å². The maximum absolute atomic E-state index is 5.43. The standard InChI is InChI=1S/C5H4ClN.CH3I/c6-5-3-1-2-4-7-5;1-2/h1-4H;1H3. The van der Waals surface area contributed by atoms with Crippen molar-refractivity contribution < 1.29 is 0 Å². The molecular formula is C6H7ClIN. The number of alkyl halides is 1. The Labute approximate surface area is 73.6 Å². The fraction of sp³-hybridized carbons (Fsp3) is 0.167. The maximum atomic E-state index is 5.43. The van der Waals surface area contributed by atoms with E-state index in [1.807, 2.05) is 17.1 Å². The zero-order chi connectivity index (χ0) is 7.11. The third kappa shape index (κ3) is 4.66. The van der Waals surface area contributed by atoms with Crippen LogP contribution in [0.4, 0.5) is 0 Å². The zero-order valence-electron chi connectivity index (χ0n) is 5.01. The van der Waals surface area contributed by atoms with Crippen molar-refractivity contribution in [2.75, 3.05) is 4.93 Å². The molecule has 9 heavy (non-hydrogen) atoms. The molecule has 0 saturated heterocycles. The zero-order valence-corrected chi connectivity index (χ0v) is 7.93. The second-order valence-corrected chi connectivity index (χ2v) is 1.54. The molecule has 1 rings (SSSR count). The number of nitrogens with zero attached hydrogens (tertiary/aromatic N) is 1. The molecule has 0 saturated carbocycles. The van der Waals surface area contributed by atoms with Gasteiger partial charge in [-0.1, -0.05) is 40.3 Å². The van der Waals surface area contributed by atoms with Crippen LogP contribution in [0.3, 0.4) is 0 Å². The first-order chi connectivity index (χ1) is 4.39. The van der Waals surface area contributed by atoms with Crippen molar-refractivity contribution >= 4 is 34.2 Å². The molecule has 0 aliphatic carbocycles. The summed E-state index contributed by atoms with van der Waals surface area (Å²) in [5.74, 6) is 0. The molecule has 0 spiro atoms. The van der Waals surface area contributed by atoms with E-state index in [2.05, 4.69) is 27.6 Å². The van der Waals surface area contributed by atoms with Gasteiger partial charge in [0.1, 0.15) is 5.15 Å². The Balaban J connectivity index is 0.000000291. The summed E-state index contributed by atoms with van der Waals surface area (Å²) in [6.07, 6.45) is 1.66. The molecule has 0 amide bonds. The van der Waals surface area contributed by atoms with Crippen LogP contribution in [0, 0.1) is 0 Å². The first kappa shape index (κ1) is 9.17. The number of pyridine rings is 1. The van der Waals surface area contributed by atoms with E-state index in [0.717, 1.165) is 0 Å². The van der Waals surface area contributed by atoms with Gasteiger partial charge in [0.25, 0.3) is 0 Å². The van der Waals surface area contributed by atoms with E-state index in [0.29, 0.717) is 5.15 Å².